The van der Waals surface area contributed by atoms with Crippen molar-refractivity contribution in [1.82, 2.24) is 9.97 Å². The highest BCUT2D eigenvalue weighted by Gasteiger charge is 2.15. The van der Waals surface area contributed by atoms with Crippen molar-refractivity contribution in [3.8, 4) is 0 Å². The van der Waals surface area contributed by atoms with Crippen molar-refractivity contribution in [2.24, 2.45) is 11.8 Å². The van der Waals surface area contributed by atoms with Crippen molar-refractivity contribution < 1.29 is 9.53 Å². The van der Waals surface area contributed by atoms with E-state index in [1.807, 2.05) is 0 Å². The first kappa shape index (κ1) is 15.5. The molecule has 0 fully saturated rings. The van der Waals surface area contributed by atoms with Crippen LogP contribution in [-0.2, 0) is 17.6 Å². The third-order valence-electron chi connectivity index (χ3n) is 3.44. The largest absolute Gasteiger partial charge is 0.463 e. The summed E-state index contributed by atoms with van der Waals surface area (Å²) in [5.74, 6) is 1.02. The van der Waals surface area contributed by atoms with Gasteiger partial charge in [-0.3, -0.25) is 0 Å². The molecule has 0 saturated heterocycles. The Morgan fingerprint density at radius 1 is 1.14 bits per heavy atom. The minimum Gasteiger partial charge on any atom is -0.463 e. The van der Waals surface area contributed by atoms with Crippen molar-refractivity contribution in [3.05, 3.63) is 29.1 Å². The molecule has 2 rings (SSSR count). The molecule has 4 heteroatoms. The van der Waals surface area contributed by atoms with Gasteiger partial charge in [-0.1, -0.05) is 27.7 Å². The van der Waals surface area contributed by atoms with Crippen LogP contribution in [0.25, 0.3) is 11.0 Å². The van der Waals surface area contributed by atoms with E-state index in [-0.39, 0.29) is 5.82 Å². The van der Waals surface area contributed by atoms with Crippen LogP contribution in [-0.4, -0.2) is 23.0 Å². The topological polar surface area (TPSA) is 55.0 Å². The number of ether oxygens (including phenoxy) is 1. The molecule has 0 unspecified atom stereocenters. The van der Waals surface area contributed by atoms with Crippen molar-refractivity contribution in [2.75, 3.05) is 7.11 Å². The highest BCUT2D eigenvalue weighted by molar-refractivity contribution is 5.90. The molecule has 0 amide bonds. The maximum atomic E-state index is 11.6. The second-order valence-corrected chi connectivity index (χ2v) is 6.41. The molecule has 0 bridgehead atoms. The minimum atomic E-state index is -0.429. The van der Waals surface area contributed by atoms with Crippen LogP contribution in [0.4, 0.5) is 0 Å². The average Bonchev–Trinajstić information content (AvgIpc) is 2.79. The SMILES string of the molecule is COC(=O)c1nc2cc(CC(C)C)c(CC(C)C)cc2[nH]1. The van der Waals surface area contributed by atoms with E-state index in [0.29, 0.717) is 11.8 Å². The van der Waals surface area contributed by atoms with Gasteiger partial charge in [0.05, 0.1) is 18.1 Å². The van der Waals surface area contributed by atoms with E-state index >= 15 is 0 Å². The fraction of sp³-hybridized carbons (Fsp3) is 0.529. The molecule has 0 aliphatic rings. The molecule has 4 nitrogen and oxygen atoms in total. The lowest BCUT2D eigenvalue weighted by Crippen LogP contribution is -2.03. The highest BCUT2D eigenvalue weighted by atomic mass is 16.5. The molecular weight excluding hydrogens is 264 g/mol. The normalized spacial score (nSPS) is 11.6. The summed E-state index contributed by atoms with van der Waals surface area (Å²) in [6.45, 7) is 8.87. The second kappa shape index (κ2) is 6.29. The van der Waals surface area contributed by atoms with Gasteiger partial charge >= 0.3 is 5.97 Å². The van der Waals surface area contributed by atoms with Crippen molar-refractivity contribution in [1.29, 1.82) is 0 Å². The number of fused-ring (bicyclic) bond motifs is 1. The Kier molecular flexibility index (Phi) is 4.66. The van der Waals surface area contributed by atoms with E-state index in [1.165, 1.54) is 18.2 Å². The lowest BCUT2D eigenvalue weighted by Gasteiger charge is -2.13. The molecule has 0 radical (unpaired) electrons. The summed E-state index contributed by atoms with van der Waals surface area (Å²) < 4.78 is 4.72. The summed E-state index contributed by atoms with van der Waals surface area (Å²) in [6, 6.07) is 4.24. The number of benzene rings is 1. The number of H-pyrrole nitrogens is 1. The van der Waals surface area contributed by atoms with Crippen LogP contribution in [0.2, 0.25) is 0 Å². The van der Waals surface area contributed by atoms with Crippen LogP contribution in [0, 0.1) is 11.8 Å². The third-order valence-corrected chi connectivity index (χ3v) is 3.44. The molecular formula is C17H24N2O2. The zero-order valence-electron chi connectivity index (χ0n) is 13.5. The van der Waals surface area contributed by atoms with Crippen molar-refractivity contribution >= 4 is 17.0 Å². The van der Waals surface area contributed by atoms with E-state index in [4.69, 9.17) is 4.74 Å². The number of aromatic nitrogens is 2. The molecule has 21 heavy (non-hydrogen) atoms. The number of hydrogen-bond donors (Lipinski definition) is 1. The average molecular weight is 288 g/mol. The molecule has 2 aromatic rings. The summed E-state index contributed by atoms with van der Waals surface area (Å²) in [6.07, 6.45) is 2.06. The monoisotopic (exact) mass is 288 g/mol. The molecule has 1 aromatic carbocycles. The lowest BCUT2D eigenvalue weighted by atomic mass is 9.92. The predicted molar refractivity (Wildman–Crippen MR) is 84.5 cm³/mol. The second-order valence-electron chi connectivity index (χ2n) is 6.41. The number of imidazole rings is 1. The van der Waals surface area contributed by atoms with Gasteiger partial charge in [0.25, 0.3) is 0 Å². The maximum Gasteiger partial charge on any atom is 0.374 e. The number of carbonyl (C=O) groups excluding carboxylic acids is 1. The molecule has 1 N–H and O–H groups in total. The van der Waals surface area contributed by atoms with Crippen LogP contribution in [0.5, 0.6) is 0 Å². The minimum absolute atomic E-state index is 0.268. The molecule has 1 aromatic heterocycles. The van der Waals surface area contributed by atoms with Crippen molar-refractivity contribution in [3.63, 3.8) is 0 Å². The first-order valence-corrected chi connectivity index (χ1v) is 7.50. The van der Waals surface area contributed by atoms with E-state index in [9.17, 15) is 4.79 Å². The van der Waals surface area contributed by atoms with E-state index in [1.54, 1.807) is 0 Å². The van der Waals surface area contributed by atoms with Gasteiger partial charge in [0, 0.05) is 0 Å². The van der Waals surface area contributed by atoms with Gasteiger partial charge in [-0.25, -0.2) is 9.78 Å². The Morgan fingerprint density at radius 2 is 1.71 bits per heavy atom. The van der Waals surface area contributed by atoms with Crippen LogP contribution < -0.4 is 0 Å². The van der Waals surface area contributed by atoms with Gasteiger partial charge < -0.3 is 9.72 Å². The van der Waals surface area contributed by atoms with Gasteiger partial charge in [0.15, 0.2) is 0 Å². The number of rotatable bonds is 5. The summed E-state index contributed by atoms with van der Waals surface area (Å²) in [7, 11) is 1.36. The molecule has 0 aliphatic heterocycles. The third kappa shape index (κ3) is 3.63. The van der Waals surface area contributed by atoms with E-state index in [0.717, 1.165) is 23.9 Å². The van der Waals surface area contributed by atoms with Crippen LogP contribution in [0.15, 0.2) is 12.1 Å². The lowest BCUT2D eigenvalue weighted by molar-refractivity contribution is 0.0588. The number of nitrogens with zero attached hydrogens (tertiary/aromatic N) is 1. The number of methoxy groups -OCH3 is 1. The Labute approximate surface area is 125 Å². The standard InChI is InChI=1S/C17H24N2O2/c1-10(2)6-12-8-14-15(9-13(12)7-11(3)4)19-16(18-14)17(20)21-5/h8-11H,6-7H2,1-5H3,(H,18,19). The summed E-state index contributed by atoms with van der Waals surface area (Å²) in [5, 5.41) is 0. The zero-order chi connectivity index (χ0) is 15.6. The quantitative estimate of drug-likeness (QED) is 0.853. The molecule has 0 saturated carbocycles. The summed E-state index contributed by atoms with van der Waals surface area (Å²) in [4.78, 5) is 19.0. The van der Waals surface area contributed by atoms with Gasteiger partial charge in [-0.05, 0) is 47.9 Å². The highest BCUT2D eigenvalue weighted by Crippen LogP contribution is 2.23. The molecule has 114 valence electrons. The Morgan fingerprint density at radius 3 is 2.24 bits per heavy atom. The molecule has 1 heterocycles. The first-order valence-electron chi connectivity index (χ1n) is 7.50. The number of aromatic amines is 1. The van der Waals surface area contributed by atoms with Gasteiger partial charge in [-0.2, -0.15) is 0 Å². The van der Waals surface area contributed by atoms with Gasteiger partial charge in [-0.15, -0.1) is 0 Å². The number of nitrogens with one attached hydrogen (secondary N) is 1. The Bertz CT molecular complexity index is 595. The van der Waals surface area contributed by atoms with E-state index < -0.39 is 5.97 Å². The molecule has 0 spiro atoms. The molecule has 0 aliphatic carbocycles. The Hall–Kier alpha value is -1.84. The summed E-state index contributed by atoms with van der Waals surface area (Å²) >= 11 is 0. The smallest absolute Gasteiger partial charge is 0.374 e. The van der Waals surface area contributed by atoms with Crippen LogP contribution in [0.1, 0.15) is 49.4 Å². The maximum absolute atomic E-state index is 11.6. The number of hydrogen-bond acceptors (Lipinski definition) is 3. The number of esters is 1. The fourth-order valence-electron chi connectivity index (χ4n) is 2.60. The van der Waals surface area contributed by atoms with Gasteiger partial charge in [0.2, 0.25) is 5.82 Å². The Balaban J connectivity index is 2.49. The number of carbonyl (C=O) groups is 1. The predicted octanol–water partition coefficient (Wildman–Crippen LogP) is 3.75. The zero-order valence-corrected chi connectivity index (χ0v) is 13.5. The van der Waals surface area contributed by atoms with E-state index in [2.05, 4.69) is 49.8 Å². The summed E-state index contributed by atoms with van der Waals surface area (Å²) in [5.41, 5.74) is 4.40. The molecule has 0 atom stereocenters. The fourth-order valence-corrected chi connectivity index (χ4v) is 2.60. The van der Waals surface area contributed by atoms with Crippen molar-refractivity contribution in [2.45, 2.75) is 40.5 Å². The van der Waals surface area contributed by atoms with Gasteiger partial charge in [0.1, 0.15) is 0 Å². The first-order chi connectivity index (χ1) is 9.90. The van der Waals surface area contributed by atoms with Crippen LogP contribution >= 0.6 is 0 Å². The van der Waals surface area contributed by atoms with Crippen LogP contribution in [0.3, 0.4) is 0 Å².